The lowest BCUT2D eigenvalue weighted by molar-refractivity contribution is -0.132. The second-order valence-corrected chi connectivity index (χ2v) is 9.25. The molecule has 1 aliphatic rings. The number of nitrogens with zero attached hydrogens (tertiary/aromatic N) is 2. The predicted octanol–water partition coefficient (Wildman–Crippen LogP) is 5.23. The molecule has 1 unspecified atom stereocenters. The number of halogens is 2. The summed E-state index contributed by atoms with van der Waals surface area (Å²) in [5, 5.41) is 11.3. The monoisotopic (exact) mass is 538 g/mol. The van der Waals surface area contributed by atoms with Crippen molar-refractivity contribution in [1.82, 2.24) is 4.98 Å². The van der Waals surface area contributed by atoms with E-state index in [-0.39, 0.29) is 33.5 Å². The van der Waals surface area contributed by atoms with Crippen LogP contribution in [0.25, 0.3) is 16.0 Å². The molecule has 0 spiro atoms. The van der Waals surface area contributed by atoms with Crippen molar-refractivity contribution in [2.75, 3.05) is 26.2 Å². The van der Waals surface area contributed by atoms with Gasteiger partial charge in [0.1, 0.15) is 17.4 Å². The summed E-state index contributed by atoms with van der Waals surface area (Å²) >= 11 is 1.01. The summed E-state index contributed by atoms with van der Waals surface area (Å²) in [7, 11) is 4.26. The first kappa shape index (κ1) is 25.2. The number of ether oxygens (including phenoxy) is 3. The largest absolute Gasteiger partial charge is 0.507 e. The minimum atomic E-state index is -1.18. The highest BCUT2D eigenvalue weighted by molar-refractivity contribution is 7.22. The van der Waals surface area contributed by atoms with Crippen LogP contribution in [-0.2, 0) is 9.59 Å². The summed E-state index contributed by atoms with van der Waals surface area (Å²) in [6, 6.07) is 10.8. The normalized spacial score (nSPS) is 16.8. The van der Waals surface area contributed by atoms with E-state index in [0.29, 0.717) is 15.8 Å². The first-order valence-corrected chi connectivity index (χ1v) is 12.0. The summed E-state index contributed by atoms with van der Waals surface area (Å²) in [6.07, 6.45) is 0. The maximum absolute atomic E-state index is 13.9. The number of rotatable bonds is 6. The molecule has 3 aromatic carbocycles. The number of thiazole rings is 1. The van der Waals surface area contributed by atoms with Crippen molar-refractivity contribution < 1.29 is 37.7 Å². The van der Waals surface area contributed by atoms with Gasteiger partial charge in [-0.3, -0.25) is 14.5 Å². The number of amides is 1. The molecular weight excluding hydrogens is 518 g/mol. The number of aromatic nitrogens is 1. The third kappa shape index (κ3) is 4.10. The van der Waals surface area contributed by atoms with Crippen LogP contribution in [0.3, 0.4) is 0 Å². The molecule has 8 nitrogen and oxygen atoms in total. The van der Waals surface area contributed by atoms with Crippen LogP contribution in [-0.4, -0.2) is 43.1 Å². The van der Waals surface area contributed by atoms with Gasteiger partial charge in [-0.2, -0.15) is 0 Å². The summed E-state index contributed by atoms with van der Waals surface area (Å²) in [5.41, 5.74) is 0.651. The SMILES string of the molecule is COc1cc(C2/C(=C(\O)c3ccc(F)cc3)C(=O)C(=O)N2c2nc3ccc(F)cc3s2)cc(OC)c1OC. The number of aliphatic hydroxyl groups excluding tert-OH is 1. The zero-order valence-corrected chi connectivity index (χ0v) is 21.1. The molecule has 0 bridgehead atoms. The van der Waals surface area contributed by atoms with Gasteiger partial charge < -0.3 is 19.3 Å². The number of aliphatic hydroxyl groups is 1. The van der Waals surface area contributed by atoms with E-state index < -0.39 is 35.1 Å². The minimum absolute atomic E-state index is 0.115. The fraction of sp³-hybridized carbons (Fsp3) is 0.148. The van der Waals surface area contributed by atoms with E-state index in [2.05, 4.69) is 4.98 Å². The van der Waals surface area contributed by atoms with Crippen LogP contribution in [0, 0.1) is 11.6 Å². The lowest BCUT2D eigenvalue weighted by atomic mass is 9.94. The summed E-state index contributed by atoms with van der Waals surface area (Å²) in [4.78, 5) is 32.4. The number of fused-ring (bicyclic) bond motifs is 1. The maximum atomic E-state index is 13.9. The van der Waals surface area contributed by atoms with Gasteiger partial charge in [-0.15, -0.1) is 0 Å². The highest BCUT2D eigenvalue weighted by Crippen LogP contribution is 2.48. The zero-order chi connectivity index (χ0) is 27.1. The molecule has 11 heteroatoms. The number of anilines is 1. The Morgan fingerprint density at radius 1 is 0.921 bits per heavy atom. The van der Waals surface area contributed by atoms with E-state index in [1.165, 1.54) is 51.7 Å². The van der Waals surface area contributed by atoms with Gasteiger partial charge in [-0.05, 0) is 60.2 Å². The predicted molar refractivity (Wildman–Crippen MR) is 137 cm³/mol. The Bertz CT molecular complexity index is 1590. The first-order valence-electron chi connectivity index (χ1n) is 11.2. The van der Waals surface area contributed by atoms with E-state index in [4.69, 9.17) is 14.2 Å². The Morgan fingerprint density at radius 3 is 2.16 bits per heavy atom. The van der Waals surface area contributed by atoms with Crippen molar-refractivity contribution in [2.45, 2.75) is 6.04 Å². The minimum Gasteiger partial charge on any atom is -0.507 e. The summed E-state index contributed by atoms with van der Waals surface area (Å²) in [5.74, 6) is -2.66. The molecule has 0 radical (unpaired) electrons. The van der Waals surface area contributed by atoms with E-state index >= 15 is 0 Å². The smallest absolute Gasteiger partial charge is 0.301 e. The zero-order valence-electron chi connectivity index (χ0n) is 20.3. The van der Waals surface area contributed by atoms with E-state index in [9.17, 15) is 23.5 Å². The second kappa shape index (κ2) is 9.75. The van der Waals surface area contributed by atoms with Gasteiger partial charge in [-0.1, -0.05) is 11.3 Å². The van der Waals surface area contributed by atoms with E-state index in [1.54, 1.807) is 12.1 Å². The third-order valence-electron chi connectivity index (χ3n) is 6.11. The van der Waals surface area contributed by atoms with Gasteiger partial charge in [-0.25, -0.2) is 13.8 Å². The third-order valence-corrected chi connectivity index (χ3v) is 7.13. The molecule has 1 atom stereocenters. The highest BCUT2D eigenvalue weighted by Gasteiger charge is 2.48. The second-order valence-electron chi connectivity index (χ2n) is 8.24. The average molecular weight is 539 g/mol. The fourth-order valence-electron chi connectivity index (χ4n) is 4.36. The maximum Gasteiger partial charge on any atom is 0.301 e. The number of benzene rings is 3. The van der Waals surface area contributed by atoms with Crippen molar-refractivity contribution in [2.24, 2.45) is 0 Å². The Kier molecular flexibility index (Phi) is 6.45. The molecule has 0 saturated carbocycles. The van der Waals surface area contributed by atoms with Crippen LogP contribution in [0.5, 0.6) is 17.2 Å². The molecule has 0 aliphatic carbocycles. The lowest BCUT2D eigenvalue weighted by Gasteiger charge is -2.24. The molecule has 1 saturated heterocycles. The molecule has 4 aromatic rings. The fourth-order valence-corrected chi connectivity index (χ4v) is 5.37. The van der Waals surface area contributed by atoms with Crippen molar-refractivity contribution >= 4 is 44.1 Å². The van der Waals surface area contributed by atoms with Crippen LogP contribution >= 0.6 is 11.3 Å². The van der Waals surface area contributed by atoms with Crippen LogP contribution in [0.15, 0.2) is 60.2 Å². The van der Waals surface area contributed by atoms with Gasteiger partial charge in [0.2, 0.25) is 5.75 Å². The van der Waals surface area contributed by atoms with Crippen LogP contribution in [0.4, 0.5) is 13.9 Å². The van der Waals surface area contributed by atoms with Crippen LogP contribution in [0.2, 0.25) is 0 Å². The van der Waals surface area contributed by atoms with Crippen molar-refractivity contribution in [3.8, 4) is 17.2 Å². The Balaban J connectivity index is 1.78. The number of carbonyl (C=O) groups is 2. The number of methoxy groups -OCH3 is 3. The molecule has 38 heavy (non-hydrogen) atoms. The number of Topliss-reactive ketones (excluding diaryl/α,β-unsaturated/α-hetero) is 1. The molecule has 1 aliphatic heterocycles. The van der Waals surface area contributed by atoms with Gasteiger partial charge in [0.25, 0.3) is 5.78 Å². The summed E-state index contributed by atoms with van der Waals surface area (Å²) < 4.78 is 44.2. The molecule has 5 rings (SSSR count). The number of hydrogen-bond acceptors (Lipinski definition) is 8. The van der Waals surface area contributed by atoms with Gasteiger partial charge in [0.15, 0.2) is 16.6 Å². The Hall–Kier alpha value is -4.51. The first-order chi connectivity index (χ1) is 18.3. The van der Waals surface area contributed by atoms with Gasteiger partial charge in [0.05, 0.1) is 43.2 Å². The van der Waals surface area contributed by atoms with Gasteiger partial charge >= 0.3 is 5.91 Å². The average Bonchev–Trinajstić information content (AvgIpc) is 3.45. The number of carbonyl (C=O) groups excluding carboxylic acids is 2. The number of ketones is 1. The Morgan fingerprint density at radius 2 is 1.55 bits per heavy atom. The molecule has 1 fully saturated rings. The van der Waals surface area contributed by atoms with E-state index in [0.717, 1.165) is 28.4 Å². The van der Waals surface area contributed by atoms with Crippen molar-refractivity contribution in [3.05, 3.63) is 82.9 Å². The van der Waals surface area contributed by atoms with Crippen LogP contribution < -0.4 is 19.1 Å². The number of hydrogen-bond donors (Lipinski definition) is 1. The molecule has 1 aromatic heterocycles. The lowest BCUT2D eigenvalue weighted by Crippen LogP contribution is -2.29. The molecule has 1 N–H and O–H groups in total. The van der Waals surface area contributed by atoms with E-state index in [1.807, 2.05) is 0 Å². The quantitative estimate of drug-likeness (QED) is 0.204. The summed E-state index contributed by atoms with van der Waals surface area (Å²) in [6.45, 7) is 0. The van der Waals surface area contributed by atoms with Crippen molar-refractivity contribution in [3.63, 3.8) is 0 Å². The topological polar surface area (TPSA) is 98.2 Å². The molecule has 1 amide bonds. The standard InChI is InChI=1S/C27H20F2N2O6S/c1-35-18-10-14(11-19(36-2)25(18)37-3)22-21(23(32)13-4-6-15(28)7-5-13)24(33)26(34)31(22)27-30-17-9-8-16(29)12-20(17)38-27/h4-12,22,32H,1-3H3/b23-21+. The van der Waals surface area contributed by atoms with Crippen molar-refractivity contribution in [1.29, 1.82) is 0 Å². The van der Waals surface area contributed by atoms with Gasteiger partial charge in [0, 0.05) is 5.56 Å². The highest BCUT2D eigenvalue weighted by atomic mass is 32.1. The Labute approximate surface area is 219 Å². The molecule has 2 heterocycles. The van der Waals surface area contributed by atoms with Crippen LogP contribution in [0.1, 0.15) is 17.2 Å². The molecular formula is C27H20F2N2O6S. The molecule has 194 valence electrons.